The number of hydrogen-bond acceptors (Lipinski definition) is 10. The van der Waals surface area contributed by atoms with Crippen molar-refractivity contribution in [1.82, 2.24) is 19.7 Å². The number of rotatable bonds is 9. The van der Waals surface area contributed by atoms with E-state index in [0.717, 1.165) is 5.56 Å². The fraction of sp³-hybridized carbons (Fsp3) is 0.433. The number of likely N-dealkylation sites (tertiary alicyclic amines) is 1. The van der Waals surface area contributed by atoms with Gasteiger partial charge in [-0.25, -0.2) is 9.78 Å². The van der Waals surface area contributed by atoms with Gasteiger partial charge in [-0.3, -0.25) is 14.3 Å². The number of carbonyl (C=O) groups excluding carboxylic acids is 1. The second kappa shape index (κ2) is 12.2. The highest BCUT2D eigenvalue weighted by Gasteiger charge is 2.37. The summed E-state index contributed by atoms with van der Waals surface area (Å²) in [7, 11) is 2.94. The number of thiophene rings is 1. The van der Waals surface area contributed by atoms with Gasteiger partial charge in [0.2, 0.25) is 11.3 Å². The Morgan fingerprint density at radius 1 is 1.21 bits per heavy atom. The molecule has 0 saturated carbocycles. The average Bonchev–Trinajstić information content (AvgIpc) is 3.66. The molecule has 1 amide bonds. The average molecular weight is 611 g/mol. The van der Waals surface area contributed by atoms with Gasteiger partial charge in [0.15, 0.2) is 0 Å². The van der Waals surface area contributed by atoms with Crippen LogP contribution in [0.15, 0.2) is 45.9 Å². The van der Waals surface area contributed by atoms with E-state index >= 15 is 0 Å². The molecule has 0 radical (unpaired) electrons. The third-order valence-corrected chi connectivity index (χ3v) is 9.13. The molecule has 1 atom stereocenters. The summed E-state index contributed by atoms with van der Waals surface area (Å²) in [6, 6.07) is 7.50. The Balaban J connectivity index is 1.63. The van der Waals surface area contributed by atoms with Gasteiger partial charge in [0.25, 0.3) is 0 Å². The van der Waals surface area contributed by atoms with Gasteiger partial charge < -0.3 is 28.6 Å². The van der Waals surface area contributed by atoms with Crippen molar-refractivity contribution in [2.75, 3.05) is 27.3 Å². The van der Waals surface area contributed by atoms with Gasteiger partial charge >= 0.3 is 12.1 Å². The van der Waals surface area contributed by atoms with Gasteiger partial charge in [-0.05, 0) is 45.2 Å². The fourth-order valence-electron chi connectivity index (χ4n) is 5.29. The number of nitrogens with zero attached hydrogens (tertiary/aromatic N) is 4. The molecule has 1 aliphatic rings. The van der Waals surface area contributed by atoms with Crippen LogP contribution < -0.4 is 10.2 Å². The van der Waals surface area contributed by atoms with E-state index in [9.17, 15) is 19.5 Å². The molecular formula is C30H34N4O8S. The monoisotopic (exact) mass is 610 g/mol. The van der Waals surface area contributed by atoms with Gasteiger partial charge in [-0.2, -0.15) is 5.10 Å². The quantitative estimate of drug-likeness (QED) is 0.281. The molecule has 1 aliphatic heterocycles. The first-order valence-electron chi connectivity index (χ1n) is 13.9. The lowest BCUT2D eigenvalue weighted by molar-refractivity contribution is -0.142. The number of aliphatic carboxylic acids is 1. The predicted octanol–water partition coefficient (Wildman–Crippen LogP) is 4.78. The molecular weight excluding hydrogens is 576 g/mol. The number of amides is 1. The third-order valence-electron chi connectivity index (χ3n) is 7.83. The van der Waals surface area contributed by atoms with Crippen LogP contribution in [0, 0.1) is 6.92 Å². The van der Waals surface area contributed by atoms with Crippen LogP contribution in [0.1, 0.15) is 49.6 Å². The second-order valence-corrected chi connectivity index (χ2v) is 11.9. The number of aromatic nitrogens is 3. The smallest absolute Gasteiger partial charge is 0.409 e. The number of para-hydroxylation sites is 1. The standard InChI is InChI=1S/C30H34N4O8S/c1-17-22-23(35)25(30(2,3)28(36)37)32-34(27(22)43-24(17)26-31-12-15-41-26)16-21(19-8-6-7-9-20(19)39-4)42-18-10-13-33(14-11-18)29(38)40-5/h6-9,12,15,18,21H,10-11,13-14,16H2,1-5H3,(H,36,37). The molecule has 1 aromatic carbocycles. The van der Waals surface area contributed by atoms with Crippen LogP contribution in [0.4, 0.5) is 4.79 Å². The fourth-order valence-corrected chi connectivity index (χ4v) is 6.50. The number of piperidine rings is 1. The van der Waals surface area contributed by atoms with Crippen molar-refractivity contribution in [2.24, 2.45) is 0 Å². The first kappa shape index (κ1) is 30.2. The van der Waals surface area contributed by atoms with E-state index < -0.39 is 22.9 Å². The lowest BCUT2D eigenvalue weighted by Crippen LogP contribution is -2.41. The molecule has 0 aliphatic carbocycles. The van der Waals surface area contributed by atoms with Crippen molar-refractivity contribution in [3.63, 3.8) is 0 Å². The van der Waals surface area contributed by atoms with Crippen molar-refractivity contribution in [1.29, 1.82) is 0 Å². The largest absolute Gasteiger partial charge is 0.496 e. The minimum atomic E-state index is -1.56. The molecule has 1 fully saturated rings. The molecule has 43 heavy (non-hydrogen) atoms. The highest BCUT2D eigenvalue weighted by Crippen LogP contribution is 2.38. The molecule has 12 nitrogen and oxygen atoms in total. The summed E-state index contributed by atoms with van der Waals surface area (Å²) < 4.78 is 24.5. The van der Waals surface area contributed by atoms with Gasteiger partial charge in [-0.1, -0.05) is 18.2 Å². The van der Waals surface area contributed by atoms with Crippen LogP contribution in [0.2, 0.25) is 0 Å². The summed E-state index contributed by atoms with van der Waals surface area (Å²) in [6.45, 7) is 5.85. The number of carboxylic acids is 1. The molecule has 1 unspecified atom stereocenters. The van der Waals surface area contributed by atoms with E-state index in [4.69, 9.17) is 18.6 Å². The minimum absolute atomic E-state index is 0.0856. The molecule has 13 heteroatoms. The maximum atomic E-state index is 13.8. The molecule has 0 spiro atoms. The SMILES string of the molecule is COC(=O)N1CCC(OC(Cn2nc(C(C)(C)C(=O)O)c(=O)c3c(C)c(-c4ncco4)sc32)c2ccccc2OC)CC1. The molecule has 0 bridgehead atoms. The van der Waals surface area contributed by atoms with E-state index in [0.29, 0.717) is 58.2 Å². The second-order valence-electron chi connectivity index (χ2n) is 10.9. The van der Waals surface area contributed by atoms with Gasteiger partial charge in [0, 0.05) is 18.7 Å². The minimum Gasteiger partial charge on any atom is -0.496 e. The summed E-state index contributed by atoms with van der Waals surface area (Å²) in [6.07, 6.45) is 3.03. The van der Waals surface area contributed by atoms with E-state index in [1.165, 1.54) is 44.8 Å². The molecule has 228 valence electrons. The number of carbonyl (C=O) groups is 2. The van der Waals surface area contributed by atoms with E-state index in [2.05, 4.69) is 10.1 Å². The maximum absolute atomic E-state index is 13.8. The number of oxazole rings is 1. The number of benzene rings is 1. The Morgan fingerprint density at radius 2 is 1.93 bits per heavy atom. The van der Waals surface area contributed by atoms with E-state index in [-0.39, 0.29) is 24.4 Å². The van der Waals surface area contributed by atoms with Gasteiger partial charge in [0.05, 0.1) is 43.3 Å². The number of fused-ring (bicyclic) bond motifs is 1. The number of methoxy groups -OCH3 is 2. The highest BCUT2D eigenvalue weighted by molar-refractivity contribution is 7.22. The highest BCUT2D eigenvalue weighted by atomic mass is 32.1. The Labute approximate surface area is 251 Å². The summed E-state index contributed by atoms with van der Waals surface area (Å²) in [4.78, 5) is 45.3. The first-order chi connectivity index (χ1) is 20.6. The molecule has 1 N–H and O–H groups in total. The van der Waals surface area contributed by atoms with Crippen LogP contribution in [-0.4, -0.2) is 70.2 Å². The van der Waals surface area contributed by atoms with Crippen molar-refractivity contribution in [3.8, 4) is 16.5 Å². The summed E-state index contributed by atoms with van der Waals surface area (Å²) in [5.74, 6) is -0.192. The number of carboxylic acid groups (broad SMARTS) is 1. The zero-order valence-corrected chi connectivity index (χ0v) is 25.5. The van der Waals surface area contributed by atoms with Crippen LogP contribution in [-0.2, 0) is 26.2 Å². The Morgan fingerprint density at radius 3 is 2.56 bits per heavy atom. The van der Waals surface area contributed by atoms with E-state index in [1.807, 2.05) is 24.3 Å². The van der Waals surface area contributed by atoms with Crippen LogP contribution >= 0.6 is 11.3 Å². The Hall–Kier alpha value is -4.23. The van der Waals surface area contributed by atoms with Crippen LogP contribution in [0.5, 0.6) is 5.75 Å². The van der Waals surface area contributed by atoms with Gasteiger partial charge in [-0.15, -0.1) is 11.3 Å². The van der Waals surface area contributed by atoms with E-state index in [1.54, 1.807) is 23.6 Å². The molecule has 5 rings (SSSR count). The zero-order chi connectivity index (χ0) is 30.9. The third kappa shape index (κ3) is 5.74. The number of ether oxygens (including phenoxy) is 3. The Bertz CT molecular complexity index is 1690. The molecule has 1 saturated heterocycles. The predicted molar refractivity (Wildman–Crippen MR) is 159 cm³/mol. The van der Waals surface area contributed by atoms with Crippen LogP contribution in [0.25, 0.3) is 21.0 Å². The number of hydrogen-bond donors (Lipinski definition) is 1. The van der Waals surface area contributed by atoms with Crippen molar-refractivity contribution in [3.05, 3.63) is 63.8 Å². The summed E-state index contributed by atoms with van der Waals surface area (Å²) in [5, 5.41) is 15.1. The molecule has 3 aromatic heterocycles. The normalized spacial score (nSPS) is 15.0. The summed E-state index contributed by atoms with van der Waals surface area (Å²) >= 11 is 1.30. The molecule has 4 aromatic rings. The number of aryl methyl sites for hydroxylation is 1. The van der Waals surface area contributed by atoms with Gasteiger partial charge in [0.1, 0.15) is 34.1 Å². The summed E-state index contributed by atoms with van der Waals surface area (Å²) in [5.41, 5.74) is -0.690. The maximum Gasteiger partial charge on any atom is 0.409 e. The van der Waals surface area contributed by atoms with Crippen LogP contribution in [0.3, 0.4) is 0 Å². The lowest BCUT2D eigenvalue weighted by Gasteiger charge is -2.33. The first-order valence-corrected chi connectivity index (χ1v) is 14.7. The van der Waals surface area contributed by atoms with Crippen molar-refractivity contribution < 1.29 is 33.3 Å². The lowest BCUT2D eigenvalue weighted by atomic mass is 9.88. The van der Waals surface area contributed by atoms with Crippen molar-refractivity contribution in [2.45, 2.75) is 57.8 Å². The topological polar surface area (TPSA) is 146 Å². The Kier molecular flexibility index (Phi) is 8.56. The zero-order valence-electron chi connectivity index (χ0n) is 24.7. The van der Waals surface area contributed by atoms with Crippen molar-refractivity contribution >= 4 is 33.6 Å². The molecule has 4 heterocycles.